The van der Waals surface area contributed by atoms with Crippen LogP contribution in [-0.4, -0.2) is 22.8 Å². The van der Waals surface area contributed by atoms with E-state index in [0.717, 1.165) is 25.7 Å². The Balaban J connectivity index is 2.05. The van der Waals surface area contributed by atoms with E-state index in [1.165, 1.54) is 0 Å². The summed E-state index contributed by atoms with van der Waals surface area (Å²) >= 11 is 0. The molecule has 3 atom stereocenters. The molecule has 0 spiro atoms. The number of Topliss-reactive ketones (excluding diaryl/α,β-unsaturated/α-hetero) is 1. The van der Waals surface area contributed by atoms with E-state index in [-0.39, 0.29) is 11.5 Å². The van der Waals surface area contributed by atoms with Gasteiger partial charge in [0.2, 0.25) is 0 Å². The van der Waals surface area contributed by atoms with Gasteiger partial charge in [-0.25, -0.2) is 0 Å². The molecule has 1 aliphatic heterocycles. The highest BCUT2D eigenvalue weighted by molar-refractivity contribution is 5.81. The lowest BCUT2D eigenvalue weighted by Gasteiger charge is -2.48. The van der Waals surface area contributed by atoms with Crippen LogP contribution in [0, 0.1) is 11.3 Å². The summed E-state index contributed by atoms with van der Waals surface area (Å²) in [5, 5.41) is 10.8. The quantitative estimate of drug-likeness (QED) is 0.838. The highest BCUT2D eigenvalue weighted by Gasteiger charge is 2.51. The fraction of sp³-hybridized carbons (Fsp3) is 0.933. The third-order valence-electron chi connectivity index (χ3n) is 4.86. The minimum absolute atomic E-state index is 0.0443. The number of hydrogen-bond donors (Lipinski definition) is 1. The van der Waals surface area contributed by atoms with Crippen LogP contribution in [-0.2, 0) is 9.53 Å². The van der Waals surface area contributed by atoms with Crippen LogP contribution in [0.25, 0.3) is 0 Å². The molecule has 0 aromatic carbocycles. The van der Waals surface area contributed by atoms with E-state index in [2.05, 4.69) is 20.8 Å². The summed E-state index contributed by atoms with van der Waals surface area (Å²) in [7, 11) is 0. The number of unbranched alkanes of at least 4 members (excludes halogenated alkanes) is 1. The van der Waals surface area contributed by atoms with Gasteiger partial charge in [0.25, 0.3) is 0 Å². The maximum atomic E-state index is 11.5. The first kappa shape index (κ1) is 14.0. The minimum atomic E-state index is -1.05. The SMILES string of the molecule is CCCCC(C)(C)[C@@]1(O)CC[C@@H]2CC(=O)C[C@H]2O1. The summed E-state index contributed by atoms with van der Waals surface area (Å²) in [6.45, 7) is 6.33. The molecular formula is C15H26O3. The molecule has 0 radical (unpaired) electrons. The zero-order valence-electron chi connectivity index (χ0n) is 11.9. The molecule has 0 aromatic rings. The van der Waals surface area contributed by atoms with Gasteiger partial charge in [-0.05, 0) is 18.8 Å². The molecule has 2 fully saturated rings. The van der Waals surface area contributed by atoms with Gasteiger partial charge in [-0.15, -0.1) is 0 Å². The van der Waals surface area contributed by atoms with Crippen LogP contribution in [0.4, 0.5) is 0 Å². The third kappa shape index (κ3) is 2.48. The lowest BCUT2D eigenvalue weighted by Crippen LogP contribution is -2.53. The van der Waals surface area contributed by atoms with Gasteiger partial charge in [0, 0.05) is 24.7 Å². The molecule has 1 saturated carbocycles. The van der Waals surface area contributed by atoms with Crippen LogP contribution in [0.1, 0.15) is 65.7 Å². The molecule has 1 heterocycles. The Labute approximate surface area is 110 Å². The summed E-state index contributed by atoms with van der Waals surface area (Å²) < 4.78 is 5.96. The van der Waals surface area contributed by atoms with Crippen LogP contribution < -0.4 is 0 Å². The van der Waals surface area contributed by atoms with E-state index >= 15 is 0 Å². The van der Waals surface area contributed by atoms with Crippen molar-refractivity contribution in [2.75, 3.05) is 0 Å². The predicted molar refractivity (Wildman–Crippen MR) is 70.1 cm³/mol. The zero-order valence-corrected chi connectivity index (χ0v) is 11.9. The van der Waals surface area contributed by atoms with Gasteiger partial charge in [0.05, 0.1) is 6.10 Å². The fourth-order valence-electron chi connectivity index (χ4n) is 3.33. The summed E-state index contributed by atoms with van der Waals surface area (Å²) in [5.74, 6) is -0.408. The normalized spacial score (nSPS) is 36.8. The van der Waals surface area contributed by atoms with Crippen molar-refractivity contribution in [1.29, 1.82) is 0 Å². The Morgan fingerprint density at radius 3 is 2.83 bits per heavy atom. The molecule has 1 saturated heterocycles. The van der Waals surface area contributed by atoms with Crippen LogP contribution in [0.15, 0.2) is 0 Å². The minimum Gasteiger partial charge on any atom is -0.365 e. The van der Waals surface area contributed by atoms with Crippen molar-refractivity contribution < 1.29 is 14.6 Å². The first-order chi connectivity index (χ1) is 8.38. The smallest absolute Gasteiger partial charge is 0.170 e. The lowest BCUT2D eigenvalue weighted by atomic mass is 9.74. The molecule has 0 unspecified atom stereocenters. The number of hydrogen-bond acceptors (Lipinski definition) is 3. The van der Waals surface area contributed by atoms with Crippen LogP contribution in [0.2, 0.25) is 0 Å². The largest absolute Gasteiger partial charge is 0.365 e. The van der Waals surface area contributed by atoms with Crippen molar-refractivity contribution in [3.63, 3.8) is 0 Å². The van der Waals surface area contributed by atoms with E-state index < -0.39 is 5.79 Å². The summed E-state index contributed by atoms with van der Waals surface area (Å²) in [6, 6.07) is 0. The van der Waals surface area contributed by atoms with E-state index in [0.29, 0.717) is 31.0 Å². The third-order valence-corrected chi connectivity index (χ3v) is 4.86. The number of ketones is 1. The number of aliphatic hydroxyl groups is 1. The second-order valence-electron chi connectivity index (χ2n) is 6.67. The van der Waals surface area contributed by atoms with Crippen LogP contribution in [0.5, 0.6) is 0 Å². The van der Waals surface area contributed by atoms with E-state index in [1.54, 1.807) is 0 Å². The van der Waals surface area contributed by atoms with Gasteiger partial charge in [-0.2, -0.15) is 0 Å². The summed E-state index contributed by atoms with van der Waals surface area (Å²) in [4.78, 5) is 11.5. The molecule has 3 nitrogen and oxygen atoms in total. The summed E-state index contributed by atoms with van der Waals surface area (Å²) in [5.41, 5.74) is -0.236. The maximum absolute atomic E-state index is 11.5. The Kier molecular flexibility index (Phi) is 3.84. The molecule has 0 amide bonds. The lowest BCUT2D eigenvalue weighted by molar-refractivity contribution is -0.314. The molecule has 104 valence electrons. The van der Waals surface area contributed by atoms with Gasteiger partial charge in [0.1, 0.15) is 5.78 Å². The van der Waals surface area contributed by atoms with Crippen molar-refractivity contribution in [3.8, 4) is 0 Å². The molecular weight excluding hydrogens is 228 g/mol. The first-order valence-corrected chi connectivity index (χ1v) is 7.30. The number of rotatable bonds is 4. The second kappa shape index (κ2) is 4.93. The van der Waals surface area contributed by atoms with Crippen LogP contribution >= 0.6 is 0 Å². The maximum Gasteiger partial charge on any atom is 0.170 e. The van der Waals surface area contributed by atoms with Gasteiger partial charge in [-0.3, -0.25) is 4.79 Å². The van der Waals surface area contributed by atoms with Gasteiger partial charge in [0.15, 0.2) is 5.79 Å². The topological polar surface area (TPSA) is 46.5 Å². The van der Waals surface area contributed by atoms with Crippen molar-refractivity contribution in [2.45, 2.75) is 77.6 Å². The average molecular weight is 254 g/mol. The van der Waals surface area contributed by atoms with Gasteiger partial charge in [-0.1, -0.05) is 33.6 Å². The molecule has 0 aromatic heterocycles. The Morgan fingerprint density at radius 1 is 1.44 bits per heavy atom. The van der Waals surface area contributed by atoms with E-state index in [9.17, 15) is 9.90 Å². The van der Waals surface area contributed by atoms with Gasteiger partial charge >= 0.3 is 0 Å². The monoisotopic (exact) mass is 254 g/mol. The summed E-state index contributed by atoms with van der Waals surface area (Å²) in [6.07, 6.45) is 5.88. The van der Waals surface area contributed by atoms with E-state index in [4.69, 9.17) is 4.74 Å². The number of carbonyl (C=O) groups is 1. The highest BCUT2D eigenvalue weighted by atomic mass is 16.6. The van der Waals surface area contributed by atoms with Crippen molar-refractivity contribution >= 4 is 5.78 Å². The fourth-order valence-corrected chi connectivity index (χ4v) is 3.33. The highest BCUT2D eigenvalue weighted by Crippen LogP contribution is 2.48. The molecule has 0 bridgehead atoms. The zero-order chi connectivity index (χ0) is 13.4. The molecule has 18 heavy (non-hydrogen) atoms. The van der Waals surface area contributed by atoms with Crippen molar-refractivity contribution in [2.24, 2.45) is 11.3 Å². The second-order valence-corrected chi connectivity index (χ2v) is 6.67. The molecule has 1 aliphatic carbocycles. The molecule has 2 rings (SSSR count). The average Bonchev–Trinajstić information content (AvgIpc) is 2.65. The van der Waals surface area contributed by atoms with Crippen molar-refractivity contribution in [1.82, 2.24) is 0 Å². The number of carbonyl (C=O) groups excluding carboxylic acids is 1. The number of ether oxygens (including phenoxy) is 1. The first-order valence-electron chi connectivity index (χ1n) is 7.30. The standard InChI is InChI=1S/C15H26O3/c1-4-5-7-14(2,3)15(17)8-6-11-9-12(16)10-13(11)18-15/h11,13,17H,4-10H2,1-3H3/t11-,13-,15-/m1/s1. The number of fused-ring (bicyclic) bond motifs is 1. The molecule has 3 heteroatoms. The Hall–Kier alpha value is -0.410. The predicted octanol–water partition coefficient (Wildman–Crippen LogP) is 3.05. The molecule has 2 aliphatic rings. The molecule has 1 N–H and O–H groups in total. The van der Waals surface area contributed by atoms with Crippen molar-refractivity contribution in [3.05, 3.63) is 0 Å². The Morgan fingerprint density at radius 2 is 2.17 bits per heavy atom. The van der Waals surface area contributed by atoms with Gasteiger partial charge < -0.3 is 9.84 Å². The van der Waals surface area contributed by atoms with E-state index in [1.807, 2.05) is 0 Å². The Bertz CT molecular complexity index is 324. The van der Waals surface area contributed by atoms with Crippen LogP contribution in [0.3, 0.4) is 0 Å².